The molecule has 0 saturated heterocycles. The first-order valence-electron chi connectivity index (χ1n) is 26.8. The molecule has 0 aliphatic heterocycles. The summed E-state index contributed by atoms with van der Waals surface area (Å²) < 4.78 is 105. The Balaban J connectivity index is 0.966. The van der Waals surface area contributed by atoms with E-state index >= 15 is 0 Å². The molecule has 0 unspecified atom stereocenters. The molecular weight excluding hydrogens is 789 g/mol. The predicted octanol–water partition coefficient (Wildman–Crippen LogP) is 17.8. The largest absolute Gasteiger partial charge is 0.455 e. The maximum absolute atomic E-state index is 9.62. The van der Waals surface area contributed by atoms with Crippen molar-refractivity contribution in [1.82, 2.24) is 0 Å². The van der Waals surface area contributed by atoms with Crippen molar-refractivity contribution >= 4 is 71.9 Å². The molecule has 0 bridgehead atoms. The number of nitrogens with zero attached hydrogens (tertiary/aromatic N) is 1. The lowest BCUT2D eigenvalue weighted by atomic mass is 10.00. The Morgan fingerprint density at radius 2 is 1.03 bits per heavy atom. The van der Waals surface area contributed by atoms with Gasteiger partial charge in [0.1, 0.15) is 11.2 Å². The number of hydrogen-bond acceptors (Lipinski definition) is 3. The first kappa shape index (κ1) is 28.1. The highest BCUT2D eigenvalue weighted by Crippen LogP contribution is 2.40. The van der Waals surface area contributed by atoms with Crippen molar-refractivity contribution in [3.8, 4) is 44.5 Å². The second kappa shape index (κ2) is 16.2. The number of nitrogens with one attached hydrogen (secondary N) is 1. The maximum atomic E-state index is 9.62. The van der Waals surface area contributed by atoms with Gasteiger partial charge in [0, 0.05) is 50.2 Å². The zero-order chi connectivity index (χ0) is 52.7. The lowest BCUT2D eigenvalue weighted by Crippen LogP contribution is -2.09. The molecule has 65 heavy (non-hydrogen) atoms. The van der Waals surface area contributed by atoms with E-state index in [1.807, 2.05) is 133 Å². The van der Waals surface area contributed by atoms with Crippen LogP contribution in [0, 0.1) is 0 Å². The van der Waals surface area contributed by atoms with Crippen LogP contribution in [0.2, 0.25) is 0 Å². The Hall–Kier alpha value is -8.66. The molecule has 12 aromatic rings. The van der Waals surface area contributed by atoms with E-state index in [2.05, 4.69) is 53.8 Å². The Morgan fingerprint density at radius 1 is 0.385 bits per heavy atom. The maximum Gasteiger partial charge on any atom is 0.143 e. The summed E-state index contributed by atoms with van der Waals surface area (Å²) in [5, 5.41) is 7.03. The van der Waals surface area contributed by atoms with Crippen molar-refractivity contribution in [3.63, 3.8) is 0 Å². The highest BCUT2D eigenvalue weighted by Gasteiger charge is 2.16. The number of anilines is 5. The molecule has 11 aromatic carbocycles. The van der Waals surface area contributed by atoms with Gasteiger partial charge in [0.25, 0.3) is 0 Å². The molecule has 0 radical (unpaired) electrons. The van der Waals surface area contributed by atoms with Gasteiger partial charge in [-0.05, 0) is 134 Å². The minimum Gasteiger partial charge on any atom is -0.455 e. The average molecular weight is 842 g/mol. The van der Waals surface area contributed by atoms with Crippen molar-refractivity contribution in [2.75, 3.05) is 10.2 Å². The third-order valence-corrected chi connectivity index (χ3v) is 11.8. The summed E-state index contributed by atoms with van der Waals surface area (Å²) >= 11 is 0. The fourth-order valence-corrected chi connectivity index (χ4v) is 8.54. The molecule has 12 rings (SSSR count). The monoisotopic (exact) mass is 841 g/mol. The van der Waals surface area contributed by atoms with Crippen LogP contribution in [-0.2, 0) is 0 Å². The van der Waals surface area contributed by atoms with Crippen LogP contribution < -0.4 is 10.2 Å². The summed E-state index contributed by atoms with van der Waals surface area (Å²) in [4.78, 5) is 1.64. The van der Waals surface area contributed by atoms with Crippen molar-refractivity contribution < 1.29 is 19.5 Å². The predicted molar refractivity (Wildman–Crippen MR) is 275 cm³/mol. The van der Waals surface area contributed by atoms with Crippen molar-refractivity contribution in [2.24, 2.45) is 0 Å². The summed E-state index contributed by atoms with van der Waals surface area (Å²) in [5.74, 6) is 0. The molecule has 0 atom stereocenters. The molecule has 306 valence electrons. The molecular formula is C62H42N2O. The minimum atomic E-state index is -0.659. The molecule has 1 aromatic heterocycles. The summed E-state index contributed by atoms with van der Waals surface area (Å²) in [7, 11) is 0. The highest BCUT2D eigenvalue weighted by atomic mass is 16.3. The second-order valence-electron chi connectivity index (χ2n) is 15.7. The van der Waals surface area contributed by atoms with Crippen molar-refractivity contribution in [2.45, 2.75) is 0 Å². The summed E-state index contributed by atoms with van der Waals surface area (Å²) in [6.45, 7) is 0. The summed E-state index contributed by atoms with van der Waals surface area (Å²) in [5.41, 5.74) is 9.05. The fraction of sp³-hybridized carbons (Fsp3) is 0. The van der Waals surface area contributed by atoms with Gasteiger partial charge < -0.3 is 14.6 Å². The molecule has 0 aliphatic rings. The number of hydrogen-bond donors (Lipinski definition) is 1. The Labute approximate surface area is 393 Å². The van der Waals surface area contributed by atoms with E-state index in [1.54, 1.807) is 4.90 Å². The van der Waals surface area contributed by atoms with Crippen LogP contribution in [-0.4, -0.2) is 0 Å². The summed E-state index contributed by atoms with van der Waals surface area (Å²) in [6, 6.07) is 53.2. The smallest absolute Gasteiger partial charge is 0.143 e. The topological polar surface area (TPSA) is 28.4 Å². The SMILES string of the molecule is [2H]c1c([2H])c(N(c2ccc(-c3cccc(Nc4ccccc4-c4ccccc4)c3)cc2)c2ccc(-c3ccc4c(c3)oc3c5ccccc5ccc43)cc2)c([2H])c([2H])c1-c1c([2H])c([2H])c2c([2H])c([2H])c([2H])c([2H])c2c1[2H]. The molecule has 1 heterocycles. The van der Waals surface area contributed by atoms with Crippen LogP contribution in [0.5, 0.6) is 0 Å². The van der Waals surface area contributed by atoms with Gasteiger partial charge in [-0.1, -0.05) is 170 Å². The first-order chi connectivity index (χ1) is 36.8. The van der Waals surface area contributed by atoms with E-state index < -0.39 is 77.6 Å². The molecule has 0 fully saturated rings. The van der Waals surface area contributed by atoms with E-state index in [-0.39, 0.29) is 16.5 Å². The molecule has 1 N–H and O–H groups in total. The average Bonchev–Trinajstić information content (AvgIpc) is 3.87. The molecule has 3 heteroatoms. The number of benzene rings is 11. The zero-order valence-corrected chi connectivity index (χ0v) is 34.7. The van der Waals surface area contributed by atoms with E-state index in [1.165, 1.54) is 0 Å². The van der Waals surface area contributed by atoms with Gasteiger partial charge in [-0.15, -0.1) is 0 Å². The third kappa shape index (κ3) is 7.25. The Bertz CT molecular complexity index is 4300. The number of fused-ring (bicyclic) bond motifs is 6. The molecule has 0 amide bonds. The molecule has 0 saturated carbocycles. The highest BCUT2D eigenvalue weighted by molar-refractivity contribution is 6.15. The van der Waals surface area contributed by atoms with E-state index in [0.29, 0.717) is 11.4 Å². The first-order valence-corrected chi connectivity index (χ1v) is 21.3. The number of furan rings is 1. The number of para-hydroxylation sites is 1. The van der Waals surface area contributed by atoms with E-state index in [4.69, 9.17) is 12.6 Å². The van der Waals surface area contributed by atoms with Crippen LogP contribution >= 0.6 is 0 Å². The van der Waals surface area contributed by atoms with E-state index in [0.717, 1.165) is 77.5 Å². The van der Waals surface area contributed by atoms with Crippen LogP contribution in [0.25, 0.3) is 88.0 Å². The standard InChI is InChI=1S/C62H42N2O/c1-2-12-46(13-3-1)56-18-8-9-20-60(56)63-52-17-10-16-49(40-52)43-23-31-53(32-24-43)64(54-33-25-44(26-34-54)50-22-21-42-11-4-5-15-48(42)39-50)55-35-27-45(28-36-55)51-30-37-58-59-38-29-47-14-6-7-19-57(47)62(59)65-61(58)41-51/h1-41,63H/i4D,5D,11D,15D,21D,22D,25D,26D,33D,34D,39D. The Morgan fingerprint density at radius 3 is 1.83 bits per heavy atom. The lowest BCUT2D eigenvalue weighted by Gasteiger charge is -2.26. The van der Waals surface area contributed by atoms with Gasteiger partial charge in [0.2, 0.25) is 0 Å². The van der Waals surface area contributed by atoms with Crippen molar-refractivity contribution in [3.05, 3.63) is 248 Å². The van der Waals surface area contributed by atoms with Gasteiger partial charge >= 0.3 is 0 Å². The van der Waals surface area contributed by atoms with Gasteiger partial charge in [-0.2, -0.15) is 0 Å². The quantitative estimate of drug-likeness (QED) is 0.157. The zero-order valence-electron chi connectivity index (χ0n) is 45.7. The van der Waals surface area contributed by atoms with Crippen LogP contribution in [0.3, 0.4) is 0 Å². The van der Waals surface area contributed by atoms with E-state index in [9.17, 15) is 6.85 Å². The second-order valence-corrected chi connectivity index (χ2v) is 15.7. The van der Waals surface area contributed by atoms with Gasteiger partial charge in [-0.25, -0.2) is 0 Å². The van der Waals surface area contributed by atoms with Crippen molar-refractivity contribution in [1.29, 1.82) is 0 Å². The van der Waals surface area contributed by atoms with Crippen LogP contribution in [0.4, 0.5) is 28.4 Å². The minimum absolute atomic E-state index is 0.120. The van der Waals surface area contributed by atoms with Gasteiger partial charge in [0.15, 0.2) is 0 Å². The third-order valence-electron chi connectivity index (χ3n) is 11.8. The fourth-order valence-electron chi connectivity index (χ4n) is 8.54. The normalized spacial score (nSPS) is 13.8. The van der Waals surface area contributed by atoms with Crippen LogP contribution in [0.1, 0.15) is 15.1 Å². The number of rotatable bonds is 9. The Kier molecular flexibility index (Phi) is 7.02. The van der Waals surface area contributed by atoms with Crippen LogP contribution in [0.15, 0.2) is 253 Å². The summed E-state index contributed by atoms with van der Waals surface area (Å²) in [6.07, 6.45) is 0. The molecule has 0 aliphatic carbocycles. The van der Waals surface area contributed by atoms with Gasteiger partial charge in [-0.3, -0.25) is 0 Å². The molecule has 3 nitrogen and oxygen atoms in total. The lowest BCUT2D eigenvalue weighted by molar-refractivity contribution is 0.673. The van der Waals surface area contributed by atoms with Gasteiger partial charge in [0.05, 0.1) is 15.1 Å². The molecule has 0 spiro atoms.